The van der Waals surface area contributed by atoms with Crippen LogP contribution in [0.15, 0.2) is 66.4 Å². The standard InChI is InChI=1S/C25H21FN2O4/c1-15-3-5-18(11-16(15)2)24(29)28-21(25(30)27-20-8-6-19(26)7-9-20)12-17-4-10-22-23(13-17)32-14-31-22/h3-13H,14H2,1-2H3,(H,27,30)(H,28,29)/b21-12-. The summed E-state index contributed by atoms with van der Waals surface area (Å²) in [5.74, 6) is -0.223. The van der Waals surface area contributed by atoms with Crippen molar-refractivity contribution < 1.29 is 23.5 Å². The van der Waals surface area contributed by atoms with Crippen LogP contribution in [0.4, 0.5) is 10.1 Å². The molecule has 3 aromatic carbocycles. The van der Waals surface area contributed by atoms with Crippen LogP contribution in [0.2, 0.25) is 0 Å². The second-order valence-corrected chi connectivity index (χ2v) is 7.38. The van der Waals surface area contributed by atoms with Crippen molar-refractivity contribution in [3.8, 4) is 11.5 Å². The van der Waals surface area contributed by atoms with Crippen LogP contribution in [0, 0.1) is 19.7 Å². The molecule has 0 radical (unpaired) electrons. The number of aryl methyl sites for hydroxylation is 2. The number of halogens is 1. The lowest BCUT2D eigenvalue weighted by Crippen LogP contribution is -2.30. The fraction of sp³-hybridized carbons (Fsp3) is 0.120. The first-order valence-corrected chi connectivity index (χ1v) is 9.96. The van der Waals surface area contributed by atoms with E-state index in [1.54, 1.807) is 36.4 Å². The molecule has 0 atom stereocenters. The molecule has 0 spiro atoms. The van der Waals surface area contributed by atoms with Crippen molar-refractivity contribution in [3.63, 3.8) is 0 Å². The number of benzene rings is 3. The highest BCUT2D eigenvalue weighted by Crippen LogP contribution is 2.33. The molecular formula is C25H21FN2O4. The molecule has 0 unspecified atom stereocenters. The highest BCUT2D eigenvalue weighted by Gasteiger charge is 2.17. The molecule has 1 aliphatic rings. The maximum Gasteiger partial charge on any atom is 0.272 e. The SMILES string of the molecule is Cc1ccc(C(=O)N/C(=C\c2ccc3c(c2)OCO3)C(=O)Nc2ccc(F)cc2)cc1C. The summed E-state index contributed by atoms with van der Waals surface area (Å²) in [6.07, 6.45) is 1.54. The van der Waals surface area contributed by atoms with Gasteiger partial charge in [-0.2, -0.15) is 0 Å². The predicted molar refractivity (Wildman–Crippen MR) is 119 cm³/mol. The molecule has 4 rings (SSSR count). The van der Waals surface area contributed by atoms with Gasteiger partial charge in [0.2, 0.25) is 6.79 Å². The van der Waals surface area contributed by atoms with Gasteiger partial charge in [-0.3, -0.25) is 9.59 Å². The summed E-state index contributed by atoms with van der Waals surface area (Å²) >= 11 is 0. The van der Waals surface area contributed by atoms with Crippen molar-refractivity contribution in [1.29, 1.82) is 0 Å². The Morgan fingerprint density at radius 1 is 0.906 bits per heavy atom. The molecule has 162 valence electrons. The Bertz CT molecular complexity index is 1220. The van der Waals surface area contributed by atoms with Gasteiger partial charge in [-0.25, -0.2) is 4.39 Å². The van der Waals surface area contributed by atoms with Gasteiger partial charge in [0.25, 0.3) is 11.8 Å². The zero-order valence-electron chi connectivity index (χ0n) is 17.6. The summed E-state index contributed by atoms with van der Waals surface area (Å²) in [7, 11) is 0. The molecule has 6 nitrogen and oxygen atoms in total. The van der Waals surface area contributed by atoms with Gasteiger partial charge >= 0.3 is 0 Å². The summed E-state index contributed by atoms with van der Waals surface area (Å²) in [6.45, 7) is 4.00. The lowest BCUT2D eigenvalue weighted by molar-refractivity contribution is -0.113. The normalized spacial score (nSPS) is 12.4. The topological polar surface area (TPSA) is 76.7 Å². The smallest absolute Gasteiger partial charge is 0.272 e. The Balaban J connectivity index is 1.63. The third-order valence-corrected chi connectivity index (χ3v) is 5.07. The third-order valence-electron chi connectivity index (χ3n) is 5.07. The van der Waals surface area contributed by atoms with Crippen LogP contribution >= 0.6 is 0 Å². The van der Waals surface area contributed by atoms with Crippen molar-refractivity contribution >= 4 is 23.6 Å². The Hall–Kier alpha value is -4.13. The number of rotatable bonds is 5. The summed E-state index contributed by atoms with van der Waals surface area (Å²) < 4.78 is 23.9. The second kappa shape index (κ2) is 8.93. The van der Waals surface area contributed by atoms with E-state index >= 15 is 0 Å². The first-order chi connectivity index (χ1) is 15.4. The Morgan fingerprint density at radius 3 is 2.41 bits per heavy atom. The van der Waals surface area contributed by atoms with Crippen LogP contribution in [0.1, 0.15) is 27.0 Å². The van der Waals surface area contributed by atoms with Gasteiger partial charge in [0.05, 0.1) is 0 Å². The van der Waals surface area contributed by atoms with Crippen molar-refractivity contribution in [1.82, 2.24) is 5.32 Å². The molecule has 0 aromatic heterocycles. The summed E-state index contributed by atoms with van der Waals surface area (Å²) in [6, 6.07) is 15.9. The van der Waals surface area contributed by atoms with Gasteiger partial charge in [0.15, 0.2) is 11.5 Å². The summed E-state index contributed by atoms with van der Waals surface area (Å²) in [5, 5.41) is 5.37. The minimum Gasteiger partial charge on any atom is -0.454 e. The number of hydrogen-bond donors (Lipinski definition) is 2. The number of amides is 2. The van der Waals surface area contributed by atoms with E-state index in [4.69, 9.17) is 9.47 Å². The monoisotopic (exact) mass is 432 g/mol. The van der Waals surface area contributed by atoms with E-state index < -0.39 is 17.6 Å². The van der Waals surface area contributed by atoms with E-state index in [0.29, 0.717) is 28.3 Å². The van der Waals surface area contributed by atoms with Crippen molar-refractivity contribution in [2.75, 3.05) is 12.1 Å². The van der Waals surface area contributed by atoms with Crippen LogP contribution in [0.25, 0.3) is 6.08 Å². The van der Waals surface area contributed by atoms with Crippen molar-refractivity contribution in [2.45, 2.75) is 13.8 Å². The molecule has 2 amide bonds. The van der Waals surface area contributed by atoms with Gasteiger partial charge in [0, 0.05) is 11.3 Å². The number of nitrogens with one attached hydrogen (secondary N) is 2. The van der Waals surface area contributed by atoms with Gasteiger partial charge in [-0.15, -0.1) is 0 Å². The number of ether oxygens (including phenoxy) is 2. The average molecular weight is 432 g/mol. The molecule has 32 heavy (non-hydrogen) atoms. The summed E-state index contributed by atoms with van der Waals surface area (Å²) in [5.41, 5.74) is 3.52. The quantitative estimate of drug-likeness (QED) is 0.579. The largest absolute Gasteiger partial charge is 0.454 e. The third kappa shape index (κ3) is 4.78. The van der Waals surface area contributed by atoms with Crippen LogP contribution in [0.5, 0.6) is 11.5 Å². The van der Waals surface area contributed by atoms with Crippen LogP contribution in [0.3, 0.4) is 0 Å². The first-order valence-electron chi connectivity index (χ1n) is 9.96. The highest BCUT2D eigenvalue weighted by atomic mass is 19.1. The van der Waals surface area contributed by atoms with E-state index in [9.17, 15) is 14.0 Å². The lowest BCUT2D eigenvalue weighted by Gasteiger charge is -2.12. The number of carbonyl (C=O) groups excluding carboxylic acids is 2. The minimum atomic E-state index is -0.550. The van der Waals surface area contributed by atoms with Crippen molar-refractivity contribution in [3.05, 3.63) is 94.4 Å². The van der Waals surface area contributed by atoms with E-state index in [2.05, 4.69) is 10.6 Å². The fourth-order valence-electron chi connectivity index (χ4n) is 3.14. The number of carbonyl (C=O) groups is 2. The molecule has 1 aliphatic heterocycles. The van der Waals surface area contributed by atoms with Gasteiger partial charge in [-0.05, 0) is 85.1 Å². The molecule has 1 heterocycles. The average Bonchev–Trinajstić information content (AvgIpc) is 3.24. The van der Waals surface area contributed by atoms with Crippen LogP contribution in [-0.2, 0) is 4.79 Å². The molecule has 0 saturated heterocycles. The van der Waals surface area contributed by atoms with Gasteiger partial charge < -0.3 is 20.1 Å². The lowest BCUT2D eigenvalue weighted by atomic mass is 10.1. The van der Waals surface area contributed by atoms with E-state index in [1.165, 1.54) is 24.3 Å². The molecular weight excluding hydrogens is 411 g/mol. The highest BCUT2D eigenvalue weighted by molar-refractivity contribution is 6.10. The predicted octanol–water partition coefficient (Wildman–Crippen LogP) is 4.58. The van der Waals surface area contributed by atoms with E-state index in [-0.39, 0.29) is 12.5 Å². The van der Waals surface area contributed by atoms with E-state index in [0.717, 1.165) is 11.1 Å². The molecule has 0 fully saturated rings. The van der Waals surface area contributed by atoms with E-state index in [1.807, 2.05) is 19.9 Å². The Kier molecular flexibility index (Phi) is 5.89. The number of hydrogen-bond acceptors (Lipinski definition) is 4. The number of anilines is 1. The van der Waals surface area contributed by atoms with Gasteiger partial charge in [-0.1, -0.05) is 12.1 Å². The molecule has 0 saturated carbocycles. The zero-order chi connectivity index (χ0) is 22.7. The van der Waals surface area contributed by atoms with Gasteiger partial charge in [0.1, 0.15) is 11.5 Å². The summed E-state index contributed by atoms with van der Waals surface area (Å²) in [4.78, 5) is 25.9. The maximum absolute atomic E-state index is 13.2. The van der Waals surface area contributed by atoms with Crippen molar-refractivity contribution in [2.24, 2.45) is 0 Å². The fourth-order valence-corrected chi connectivity index (χ4v) is 3.14. The van der Waals surface area contributed by atoms with Crippen LogP contribution in [-0.4, -0.2) is 18.6 Å². The Labute approximate surface area is 184 Å². The maximum atomic E-state index is 13.2. The molecule has 0 bridgehead atoms. The van der Waals surface area contributed by atoms with Crippen LogP contribution < -0.4 is 20.1 Å². The first kappa shape index (κ1) is 21.1. The molecule has 2 N–H and O–H groups in total. The number of fused-ring (bicyclic) bond motifs is 1. The zero-order valence-corrected chi connectivity index (χ0v) is 17.6. The Morgan fingerprint density at radius 2 is 1.66 bits per heavy atom. The second-order valence-electron chi connectivity index (χ2n) is 7.38. The molecule has 3 aromatic rings. The molecule has 7 heteroatoms. The molecule has 0 aliphatic carbocycles. The minimum absolute atomic E-state index is 0.0245.